The van der Waals surface area contributed by atoms with Gasteiger partial charge in [0, 0.05) is 17.7 Å². The summed E-state index contributed by atoms with van der Waals surface area (Å²) in [6.07, 6.45) is 5.77. The molecule has 9 rings (SSSR count). The van der Waals surface area contributed by atoms with Crippen molar-refractivity contribution in [1.29, 1.82) is 0 Å². The number of phenols is 1. The van der Waals surface area contributed by atoms with Gasteiger partial charge in [-0.3, -0.25) is 54.3 Å². The lowest BCUT2D eigenvalue weighted by molar-refractivity contribution is -0.121. The van der Waals surface area contributed by atoms with Gasteiger partial charge >= 0.3 is 0 Å². The number of methoxy groups -OCH3 is 2. The van der Waals surface area contributed by atoms with Gasteiger partial charge in [-0.25, -0.2) is 0 Å². The van der Waals surface area contributed by atoms with Crippen molar-refractivity contribution in [2.75, 3.05) is 14.2 Å². The zero-order valence-corrected chi connectivity index (χ0v) is 51.5. The fourth-order valence-electron chi connectivity index (χ4n) is 8.91. The molecule has 9 aromatic rings. The third-order valence-electron chi connectivity index (χ3n) is 14.4. The number of aryl methyl sites for hydroxylation is 12. The number of fused-ring (bicyclic) bond motifs is 1. The van der Waals surface area contributed by atoms with Gasteiger partial charge in [-0.15, -0.1) is 0 Å². The number of aromatic hydroxyl groups is 1. The molecule has 87 heavy (non-hydrogen) atoms. The summed E-state index contributed by atoms with van der Waals surface area (Å²) >= 11 is 0. The number of aromatic nitrogens is 8. The predicted molar refractivity (Wildman–Crippen MR) is 331 cm³/mol. The van der Waals surface area contributed by atoms with Crippen LogP contribution < -0.4 is 33.8 Å². The summed E-state index contributed by atoms with van der Waals surface area (Å²) in [5, 5.41) is 11.3. The summed E-state index contributed by atoms with van der Waals surface area (Å²) in [6, 6.07) is 22.8. The lowest BCUT2D eigenvalue weighted by atomic mass is 10.1. The second-order valence-corrected chi connectivity index (χ2v) is 20.7. The number of hydrogen-bond donors (Lipinski definition) is 1. The van der Waals surface area contributed by atoms with Crippen LogP contribution in [0.25, 0.3) is 34.4 Å². The zero-order valence-electron chi connectivity index (χ0n) is 51.5. The average Bonchev–Trinajstić information content (AvgIpc) is 1.08. The molecular weight excluding hydrogens is 1100 g/mol. The number of allylic oxidation sites excluding steroid dienone is 2. The number of hydrogen-bond acceptors (Lipinski definition) is 19. The molecule has 448 valence electrons. The van der Waals surface area contributed by atoms with Gasteiger partial charge in [0.15, 0.2) is 51.5 Å². The Kier molecular flexibility index (Phi) is 20.3. The lowest BCUT2D eigenvalue weighted by Crippen LogP contribution is -2.10. The van der Waals surface area contributed by atoms with Gasteiger partial charge in [0.05, 0.1) is 112 Å². The Morgan fingerprint density at radius 3 is 1.23 bits per heavy atom. The van der Waals surface area contributed by atoms with E-state index in [2.05, 4.69) is 39.9 Å². The van der Waals surface area contributed by atoms with Crippen molar-refractivity contribution in [3.63, 3.8) is 0 Å². The van der Waals surface area contributed by atoms with Crippen molar-refractivity contribution in [3.8, 4) is 51.6 Å². The van der Waals surface area contributed by atoms with Crippen LogP contribution in [0.1, 0.15) is 109 Å². The lowest BCUT2D eigenvalue weighted by Gasteiger charge is -2.17. The van der Waals surface area contributed by atoms with Crippen LogP contribution in [-0.2, 0) is 36.0 Å². The molecule has 0 aliphatic heterocycles. The topological polar surface area (TPSA) is 243 Å². The Morgan fingerprint density at radius 2 is 0.828 bits per heavy atom. The predicted octanol–water partition coefficient (Wildman–Crippen LogP) is 12.3. The van der Waals surface area contributed by atoms with Crippen LogP contribution in [0.15, 0.2) is 100 Å². The van der Waals surface area contributed by atoms with E-state index < -0.39 is 5.43 Å². The largest absolute Gasteiger partial charge is 0.504 e. The third-order valence-corrected chi connectivity index (χ3v) is 14.4. The molecule has 1 N–H and O–H groups in total. The monoisotopic (exact) mass is 1170 g/mol. The fraction of sp³-hybridized carbons (Fsp3) is 0.279. The van der Waals surface area contributed by atoms with Gasteiger partial charge in [0.2, 0.25) is 5.75 Å². The maximum Gasteiger partial charge on any atom is 0.204 e. The molecule has 19 nitrogen and oxygen atoms in total. The highest BCUT2D eigenvalue weighted by atomic mass is 16.5. The normalized spacial score (nSPS) is 11.2. The third kappa shape index (κ3) is 15.8. The van der Waals surface area contributed by atoms with Crippen LogP contribution in [0.5, 0.6) is 40.2 Å². The molecule has 19 heteroatoms. The van der Waals surface area contributed by atoms with Crippen molar-refractivity contribution < 1.29 is 47.5 Å². The number of ether oxygens (including phenoxy) is 6. The smallest absolute Gasteiger partial charge is 0.204 e. The van der Waals surface area contributed by atoms with Crippen LogP contribution in [0.2, 0.25) is 0 Å². The Labute approximate surface area is 505 Å². The highest BCUT2D eigenvalue weighted by Gasteiger charge is 2.23. The van der Waals surface area contributed by atoms with Crippen LogP contribution in [-0.4, -0.2) is 70.8 Å². The van der Waals surface area contributed by atoms with Gasteiger partial charge in [0.25, 0.3) is 0 Å². The Hall–Kier alpha value is -10.2. The summed E-state index contributed by atoms with van der Waals surface area (Å²) in [5.74, 6) is 1.63. The number of ketones is 2. The van der Waals surface area contributed by atoms with Crippen LogP contribution >= 0.6 is 0 Å². The van der Waals surface area contributed by atoms with E-state index in [0.29, 0.717) is 45.8 Å². The quantitative estimate of drug-likeness (QED) is 0.0519. The molecule has 4 aromatic carbocycles. The van der Waals surface area contributed by atoms with Crippen LogP contribution in [0.3, 0.4) is 0 Å². The molecule has 0 bridgehead atoms. The first kappa shape index (κ1) is 62.9. The standard InChI is InChI=1S/C37H40N4O6.C31H30N4O5/c1-22-24(3)40-32(26(5)38-22)20-46-34-15-11-28(17-36(34)44-7)9-13-30(42)19-31(43)14-10-29-12-16-35(37(18-29)45-8)47-21-33-27(6)39-23(2)25(4)41-33;1-16-18(3)34-23(20(5)32-16)14-38-28-13-27-29(25(36)12-26(40-27)22-10-8-7-9-11-22)30(37)31(28)39-15-24-21(6)33-17(2)19(4)35-24/h9-18H,19-21H2,1-8H3;7-13,37H,14-15H2,1-6H3/b13-9+,14-10+;. The first-order valence-corrected chi connectivity index (χ1v) is 28.0. The average molecular weight is 1180 g/mol. The van der Waals surface area contributed by atoms with Gasteiger partial charge in [0.1, 0.15) is 43.2 Å². The fourth-order valence-corrected chi connectivity index (χ4v) is 8.91. The first-order chi connectivity index (χ1) is 41.6. The van der Waals surface area contributed by atoms with Gasteiger partial charge in [-0.1, -0.05) is 54.6 Å². The number of benzene rings is 4. The molecule has 0 saturated heterocycles. The minimum Gasteiger partial charge on any atom is -0.504 e. The molecule has 5 aromatic heterocycles. The summed E-state index contributed by atoms with van der Waals surface area (Å²) in [4.78, 5) is 74.7. The van der Waals surface area contributed by atoms with E-state index >= 15 is 0 Å². The summed E-state index contributed by atoms with van der Waals surface area (Å²) in [5.41, 5.74) is 14.5. The molecule has 0 aliphatic rings. The van der Waals surface area contributed by atoms with E-state index in [0.717, 1.165) is 90.7 Å². The van der Waals surface area contributed by atoms with Gasteiger partial charge in [-0.05, 0) is 131 Å². The second kappa shape index (κ2) is 28.1. The molecular formula is C68H70N8O11. The van der Waals surface area contributed by atoms with Crippen molar-refractivity contribution >= 4 is 34.7 Å². The summed E-state index contributed by atoms with van der Waals surface area (Å²) in [7, 11) is 3.09. The SMILES string of the molecule is COc1cc(/C=C/C(=O)CC(=O)/C=C/c2ccc(OCc3nc(C)c(C)nc3C)c(OC)c2)ccc1OCc1nc(C)c(C)nc1C.Cc1nc(C)c(COc2cc3oc(-c4ccccc4)cc(=O)c3c(O)c2OCc2nc(C)c(C)nc2C)nc1C. The number of carbonyl (C=O) groups is 2. The van der Waals surface area contributed by atoms with E-state index in [1.165, 1.54) is 18.2 Å². The maximum atomic E-state index is 13.2. The van der Waals surface area contributed by atoms with E-state index in [4.69, 9.17) is 32.8 Å². The van der Waals surface area contributed by atoms with Crippen molar-refractivity contribution in [3.05, 3.63) is 203 Å². The summed E-state index contributed by atoms with van der Waals surface area (Å²) < 4.78 is 41.2. The van der Waals surface area contributed by atoms with E-state index in [9.17, 15) is 19.5 Å². The summed E-state index contributed by atoms with van der Waals surface area (Å²) in [6.45, 7) is 23.3. The zero-order chi connectivity index (χ0) is 62.6. The van der Waals surface area contributed by atoms with Crippen molar-refractivity contribution in [2.45, 2.75) is 116 Å². The molecule has 0 amide bonds. The molecule has 5 heterocycles. The molecule has 0 atom stereocenters. The minimum absolute atomic E-state index is 0.00105. The molecule has 0 fully saturated rings. The van der Waals surface area contributed by atoms with E-state index in [1.807, 2.05) is 113 Å². The second-order valence-electron chi connectivity index (χ2n) is 20.7. The van der Waals surface area contributed by atoms with Gasteiger partial charge in [-0.2, -0.15) is 0 Å². The highest BCUT2D eigenvalue weighted by molar-refractivity contribution is 6.11. The number of rotatable bonds is 21. The molecule has 0 unspecified atom stereocenters. The molecule has 0 radical (unpaired) electrons. The van der Waals surface area contributed by atoms with Crippen LogP contribution in [0, 0.1) is 83.1 Å². The number of phenolic OH excluding ortho intramolecular Hbond substituents is 1. The molecule has 0 aliphatic carbocycles. The van der Waals surface area contributed by atoms with Crippen molar-refractivity contribution in [1.82, 2.24) is 39.9 Å². The number of carbonyl (C=O) groups excluding carboxylic acids is 2. The van der Waals surface area contributed by atoms with E-state index in [-0.39, 0.29) is 72.6 Å². The Bertz CT molecular complexity index is 4050. The molecule has 0 spiro atoms. The van der Waals surface area contributed by atoms with Crippen molar-refractivity contribution in [2.24, 2.45) is 0 Å². The van der Waals surface area contributed by atoms with Crippen LogP contribution in [0.4, 0.5) is 0 Å². The van der Waals surface area contributed by atoms with Gasteiger partial charge < -0.3 is 37.9 Å². The number of nitrogens with zero attached hydrogens (tertiary/aromatic N) is 8. The maximum absolute atomic E-state index is 13.2. The highest BCUT2D eigenvalue weighted by Crippen LogP contribution is 2.43. The molecule has 0 saturated carbocycles. The minimum atomic E-state index is -0.410. The first-order valence-electron chi connectivity index (χ1n) is 28.0. The Balaban J connectivity index is 0.000000228. The Morgan fingerprint density at radius 1 is 0.448 bits per heavy atom. The van der Waals surface area contributed by atoms with E-state index in [1.54, 1.807) is 68.8 Å².